The van der Waals surface area contributed by atoms with Gasteiger partial charge >= 0.3 is 0 Å². The number of rotatable bonds is 4. The zero-order valence-electron chi connectivity index (χ0n) is 6.18. The highest BCUT2D eigenvalue weighted by molar-refractivity contribution is 5.73. The topological polar surface area (TPSA) is 43.1 Å². The molecule has 54 valence electrons. The summed E-state index contributed by atoms with van der Waals surface area (Å²) in [6, 6.07) is 0. The van der Waals surface area contributed by atoms with Gasteiger partial charge in [-0.25, -0.2) is 0 Å². The first-order valence-corrected chi connectivity index (χ1v) is 3.45. The number of carbonyl (C=O) groups excluding carboxylic acids is 1. The molecule has 0 fully saturated rings. The molecule has 2 nitrogen and oxygen atoms in total. The predicted octanol–water partition coefficient (Wildman–Crippen LogP) is 1.30. The predicted molar refractivity (Wildman–Crippen MR) is 37.9 cm³/mol. The number of amides is 1. The van der Waals surface area contributed by atoms with Gasteiger partial charge in [0.05, 0.1) is 0 Å². The zero-order valence-corrected chi connectivity index (χ0v) is 6.18. The average molecular weight is 129 g/mol. The van der Waals surface area contributed by atoms with Gasteiger partial charge in [0.1, 0.15) is 0 Å². The van der Waals surface area contributed by atoms with Gasteiger partial charge in [0.2, 0.25) is 5.91 Å². The van der Waals surface area contributed by atoms with Crippen LogP contribution in [0.5, 0.6) is 0 Å². The molecule has 0 heterocycles. The highest BCUT2D eigenvalue weighted by Crippen LogP contribution is 2.07. The molecule has 0 aromatic heterocycles. The molecule has 0 unspecified atom stereocenters. The second-order valence-corrected chi connectivity index (χ2v) is 2.52. The van der Waals surface area contributed by atoms with E-state index < -0.39 is 0 Å². The van der Waals surface area contributed by atoms with Gasteiger partial charge in [-0.2, -0.15) is 0 Å². The van der Waals surface area contributed by atoms with Crippen LogP contribution in [0.15, 0.2) is 0 Å². The summed E-state index contributed by atoms with van der Waals surface area (Å²) in [7, 11) is 0. The van der Waals surface area contributed by atoms with Crippen LogP contribution in [-0.4, -0.2) is 5.91 Å². The van der Waals surface area contributed by atoms with Crippen LogP contribution < -0.4 is 5.73 Å². The average Bonchev–Trinajstić information content (AvgIpc) is 1.83. The summed E-state index contributed by atoms with van der Waals surface area (Å²) >= 11 is 0. The molecule has 1 atom stereocenters. The molecule has 0 radical (unpaired) electrons. The maximum atomic E-state index is 10.2. The lowest BCUT2D eigenvalue weighted by molar-refractivity contribution is -0.118. The molecule has 0 aromatic carbocycles. The van der Waals surface area contributed by atoms with Gasteiger partial charge in [-0.15, -0.1) is 0 Å². The minimum absolute atomic E-state index is 0.185. The molecule has 0 aliphatic heterocycles. The Hall–Kier alpha value is -0.530. The third-order valence-corrected chi connectivity index (χ3v) is 1.58. The summed E-state index contributed by atoms with van der Waals surface area (Å²) in [5.41, 5.74) is 4.96. The van der Waals surface area contributed by atoms with E-state index in [1.807, 2.05) is 0 Å². The fraction of sp³-hybridized carbons (Fsp3) is 0.857. The monoisotopic (exact) mass is 129 g/mol. The number of carbonyl (C=O) groups is 1. The van der Waals surface area contributed by atoms with Gasteiger partial charge in [-0.05, 0) is 12.3 Å². The molecule has 2 heteroatoms. The van der Waals surface area contributed by atoms with E-state index in [1.165, 1.54) is 0 Å². The lowest BCUT2D eigenvalue weighted by atomic mass is 10.0. The first-order chi connectivity index (χ1) is 4.16. The van der Waals surface area contributed by atoms with Crippen molar-refractivity contribution in [2.75, 3.05) is 0 Å². The molecule has 0 rings (SSSR count). The maximum Gasteiger partial charge on any atom is 0.217 e. The Morgan fingerprint density at radius 1 is 1.67 bits per heavy atom. The van der Waals surface area contributed by atoms with Gasteiger partial charge in [-0.1, -0.05) is 20.3 Å². The molecular formula is C7H15NO. The van der Waals surface area contributed by atoms with E-state index in [-0.39, 0.29) is 5.91 Å². The van der Waals surface area contributed by atoms with Crippen LogP contribution in [0.25, 0.3) is 0 Å². The minimum Gasteiger partial charge on any atom is -0.370 e. The fourth-order valence-electron chi connectivity index (χ4n) is 0.593. The van der Waals surface area contributed by atoms with Crippen LogP contribution in [0.2, 0.25) is 0 Å². The summed E-state index contributed by atoms with van der Waals surface area (Å²) < 4.78 is 0. The molecule has 0 bridgehead atoms. The normalized spacial score (nSPS) is 13.1. The third-order valence-electron chi connectivity index (χ3n) is 1.58. The lowest BCUT2D eigenvalue weighted by Crippen LogP contribution is -2.11. The molecule has 0 aromatic rings. The fourth-order valence-corrected chi connectivity index (χ4v) is 0.593. The second kappa shape index (κ2) is 4.36. The number of hydrogen-bond acceptors (Lipinski definition) is 1. The smallest absolute Gasteiger partial charge is 0.217 e. The van der Waals surface area contributed by atoms with Gasteiger partial charge in [-0.3, -0.25) is 4.79 Å². The summed E-state index contributed by atoms with van der Waals surface area (Å²) in [6.45, 7) is 4.24. The number of hydrogen-bond donors (Lipinski definition) is 1. The summed E-state index contributed by atoms with van der Waals surface area (Å²) in [5, 5.41) is 0. The van der Waals surface area contributed by atoms with Crippen LogP contribution >= 0.6 is 0 Å². The molecule has 0 spiro atoms. The van der Waals surface area contributed by atoms with E-state index in [0.29, 0.717) is 12.3 Å². The minimum atomic E-state index is -0.185. The first-order valence-electron chi connectivity index (χ1n) is 3.45. The molecule has 0 saturated carbocycles. The highest BCUT2D eigenvalue weighted by Gasteiger charge is 1.99. The van der Waals surface area contributed by atoms with Crippen molar-refractivity contribution in [2.45, 2.75) is 33.1 Å². The van der Waals surface area contributed by atoms with Gasteiger partial charge in [0, 0.05) is 6.42 Å². The van der Waals surface area contributed by atoms with Crippen molar-refractivity contribution in [2.24, 2.45) is 11.7 Å². The van der Waals surface area contributed by atoms with E-state index >= 15 is 0 Å². The third kappa shape index (κ3) is 5.34. The Labute approximate surface area is 56.4 Å². The molecule has 2 N–H and O–H groups in total. The molecule has 9 heavy (non-hydrogen) atoms. The van der Waals surface area contributed by atoms with Crippen molar-refractivity contribution in [3.05, 3.63) is 0 Å². The number of primary amides is 1. The van der Waals surface area contributed by atoms with Crippen molar-refractivity contribution in [3.63, 3.8) is 0 Å². The van der Waals surface area contributed by atoms with Crippen molar-refractivity contribution < 1.29 is 4.79 Å². The summed E-state index contributed by atoms with van der Waals surface area (Å²) in [6.07, 6.45) is 2.61. The quantitative estimate of drug-likeness (QED) is 0.610. The first kappa shape index (κ1) is 8.47. The van der Waals surface area contributed by atoms with E-state index in [0.717, 1.165) is 12.8 Å². The molecule has 1 amide bonds. The van der Waals surface area contributed by atoms with E-state index in [9.17, 15) is 4.79 Å². The Bertz CT molecular complexity index is 90.9. The molecule has 0 aliphatic carbocycles. The summed E-state index contributed by atoms with van der Waals surface area (Å²) in [5.74, 6) is 0.452. The lowest BCUT2D eigenvalue weighted by Gasteiger charge is -2.03. The Balaban J connectivity index is 3.16. The van der Waals surface area contributed by atoms with Gasteiger partial charge in [0.15, 0.2) is 0 Å². The van der Waals surface area contributed by atoms with Crippen molar-refractivity contribution >= 4 is 5.91 Å². The van der Waals surface area contributed by atoms with E-state index in [2.05, 4.69) is 13.8 Å². The zero-order chi connectivity index (χ0) is 7.28. The Kier molecular flexibility index (Phi) is 4.10. The van der Waals surface area contributed by atoms with Crippen LogP contribution in [-0.2, 0) is 4.79 Å². The van der Waals surface area contributed by atoms with Crippen molar-refractivity contribution in [1.82, 2.24) is 0 Å². The second-order valence-electron chi connectivity index (χ2n) is 2.52. The Morgan fingerprint density at radius 3 is 2.56 bits per heavy atom. The highest BCUT2D eigenvalue weighted by atomic mass is 16.1. The van der Waals surface area contributed by atoms with Crippen LogP contribution in [0, 0.1) is 5.92 Å². The van der Waals surface area contributed by atoms with Crippen LogP contribution in [0.4, 0.5) is 0 Å². The standard InChI is InChI=1S/C7H15NO/c1-3-6(2)4-5-7(8)9/h6H,3-5H2,1-2H3,(H2,8,9)/t6-/m1/s1. The Morgan fingerprint density at radius 2 is 2.22 bits per heavy atom. The molecular weight excluding hydrogens is 114 g/mol. The van der Waals surface area contributed by atoms with Crippen molar-refractivity contribution in [3.8, 4) is 0 Å². The van der Waals surface area contributed by atoms with Crippen molar-refractivity contribution in [1.29, 1.82) is 0 Å². The van der Waals surface area contributed by atoms with Crippen LogP contribution in [0.3, 0.4) is 0 Å². The van der Waals surface area contributed by atoms with Crippen LogP contribution in [0.1, 0.15) is 33.1 Å². The largest absolute Gasteiger partial charge is 0.370 e. The SMILES string of the molecule is CC[C@@H](C)CCC(N)=O. The van der Waals surface area contributed by atoms with Gasteiger partial charge in [0.25, 0.3) is 0 Å². The van der Waals surface area contributed by atoms with Gasteiger partial charge < -0.3 is 5.73 Å². The number of nitrogens with two attached hydrogens (primary N) is 1. The van der Waals surface area contributed by atoms with E-state index in [1.54, 1.807) is 0 Å². The summed E-state index contributed by atoms with van der Waals surface area (Å²) in [4.78, 5) is 10.2. The molecule has 0 saturated heterocycles. The van der Waals surface area contributed by atoms with E-state index in [4.69, 9.17) is 5.73 Å². The maximum absolute atomic E-state index is 10.2. The molecule has 0 aliphatic rings.